The number of hydrogen-bond donors (Lipinski definition) is 0. The van der Waals surface area contributed by atoms with Crippen LogP contribution in [-0.2, 0) is 143 Å². The molecule has 0 saturated carbocycles. The van der Waals surface area contributed by atoms with Crippen LogP contribution in [0.4, 0.5) is 0 Å². The Morgan fingerprint density at radius 3 is 0.364 bits per heavy atom. The normalized spacial score (nSPS) is 5.68. The van der Waals surface area contributed by atoms with Crippen molar-refractivity contribution < 1.29 is 197 Å². The van der Waals surface area contributed by atoms with E-state index in [-0.39, 0.29) is 52.7 Å². The molecule has 22 heavy (non-hydrogen) atoms. The summed E-state index contributed by atoms with van der Waals surface area (Å²) in [5.41, 5.74) is 0. The molecule has 0 N–H and O–H groups in total. The third kappa shape index (κ3) is 1110. The Bertz CT molecular complexity index is 386. The molecule has 0 aromatic carbocycles. The summed E-state index contributed by atoms with van der Waals surface area (Å²) in [6.45, 7) is 0. The Balaban J connectivity index is -0.0000000250. The Hall–Kier alpha value is 3.22. The van der Waals surface area contributed by atoms with Crippen LogP contribution in [0.25, 0.3) is 0 Å². The van der Waals surface area contributed by atoms with E-state index in [0.29, 0.717) is 0 Å². The van der Waals surface area contributed by atoms with Crippen molar-refractivity contribution in [3.8, 4) is 0 Å². The predicted octanol–water partition coefficient (Wildman–Crippen LogP) is -7.15. The first-order valence-corrected chi connectivity index (χ1v) is 16.2. The summed E-state index contributed by atoms with van der Waals surface area (Å²) in [5, 5.41) is 0. The first-order valence-electron chi connectivity index (χ1n) is 2.74. The molecule has 15 nitrogen and oxygen atoms in total. The van der Waals surface area contributed by atoms with E-state index in [0.717, 1.165) is 0 Å². The molecule has 0 aromatic rings. The van der Waals surface area contributed by atoms with Gasteiger partial charge in [0.1, 0.15) is 0 Å². The topological polar surface area (TPSA) is 286 Å². The monoisotopic (exact) mass is 898 g/mol. The summed E-state index contributed by atoms with van der Waals surface area (Å²) >= 11 is -21.0. The van der Waals surface area contributed by atoms with Crippen LogP contribution in [0.3, 0.4) is 0 Å². The van der Waals surface area contributed by atoms with Crippen molar-refractivity contribution >= 4 is 0 Å². The third-order valence-electron chi connectivity index (χ3n) is 0. The average Bonchev–Trinajstić information content (AvgIpc) is 1.94. The molecule has 125 valence electrons. The molecule has 0 amide bonds. The minimum absolute atomic E-state index is 0. The van der Waals surface area contributed by atoms with Crippen LogP contribution < -0.4 is 18.1 Å². The van der Waals surface area contributed by atoms with Crippen LogP contribution in [-0.4, -0.2) is 0 Å². The Morgan fingerprint density at radius 2 is 0.364 bits per heavy atom. The molecular weight excluding hydrogens is 898 g/mol. The molecule has 0 aromatic heterocycles. The molecule has 0 aliphatic carbocycles. The Morgan fingerprint density at radius 1 is 0.364 bits per heavy atom. The van der Waals surface area contributed by atoms with Crippen molar-refractivity contribution in [1.29, 1.82) is 0 Å². The van der Waals surface area contributed by atoms with Crippen molar-refractivity contribution in [3.05, 3.63) is 0 Å². The zero-order chi connectivity index (χ0) is 17.9. The molecular formula is LaMnNb5O15. The fourth-order valence-corrected chi connectivity index (χ4v) is 0. The van der Waals surface area contributed by atoms with Crippen molar-refractivity contribution in [2.75, 3.05) is 0 Å². The van der Waals surface area contributed by atoms with Crippen LogP contribution in [0, 0.1) is 35.6 Å². The molecule has 0 bridgehead atoms. The van der Waals surface area contributed by atoms with Gasteiger partial charge in [-0.3, -0.25) is 0 Å². The van der Waals surface area contributed by atoms with Gasteiger partial charge in [0.25, 0.3) is 0 Å². The van der Waals surface area contributed by atoms with E-state index in [2.05, 4.69) is 0 Å². The van der Waals surface area contributed by atoms with Crippen molar-refractivity contribution in [1.82, 2.24) is 0 Å². The van der Waals surface area contributed by atoms with E-state index < -0.39 is 93.9 Å². The van der Waals surface area contributed by atoms with Gasteiger partial charge in [0.15, 0.2) is 0 Å². The van der Waals surface area contributed by atoms with Gasteiger partial charge in [-0.05, 0) is 0 Å². The van der Waals surface area contributed by atoms with Crippen molar-refractivity contribution in [2.45, 2.75) is 0 Å². The van der Waals surface area contributed by atoms with Crippen molar-refractivity contribution in [2.24, 2.45) is 0 Å². The van der Waals surface area contributed by atoms with E-state index >= 15 is 0 Å². The molecule has 0 atom stereocenters. The Labute approximate surface area is 193 Å². The summed E-state index contributed by atoms with van der Waals surface area (Å²) in [6.07, 6.45) is 0. The van der Waals surface area contributed by atoms with Crippen LogP contribution >= 0.6 is 0 Å². The van der Waals surface area contributed by atoms with Gasteiger partial charge in [-0.2, -0.15) is 0 Å². The summed E-state index contributed by atoms with van der Waals surface area (Å²) in [4.78, 5) is 0. The molecule has 0 aliphatic rings. The van der Waals surface area contributed by atoms with Gasteiger partial charge < -0.3 is 0 Å². The van der Waals surface area contributed by atoms with E-state index in [4.69, 9.17) is 50.6 Å². The number of rotatable bonds is 0. The summed E-state index contributed by atoms with van der Waals surface area (Å²) in [5.74, 6) is 0. The van der Waals surface area contributed by atoms with E-state index in [1.54, 1.807) is 0 Å². The average molecular weight is 898 g/mol. The zero-order valence-electron chi connectivity index (χ0n) is 9.32. The molecule has 0 unspecified atom stereocenters. The molecule has 0 spiro atoms. The summed E-state index contributed by atoms with van der Waals surface area (Å²) in [7, 11) is 0. The molecule has 1 radical (unpaired) electrons. The zero-order valence-corrected chi connectivity index (χ0v) is 25.1. The van der Waals surface area contributed by atoms with Gasteiger partial charge in [0, 0.05) is 0 Å². The first kappa shape index (κ1) is 44.6. The molecule has 0 aliphatic heterocycles. The Kier molecular flexibility index (Phi) is 79.7. The van der Waals surface area contributed by atoms with E-state index in [1.807, 2.05) is 0 Å². The molecule has 0 heterocycles. The maximum absolute atomic E-state index is 8.60. The molecule has 22 heteroatoms. The quantitative estimate of drug-likeness (QED) is 0.204. The summed E-state index contributed by atoms with van der Waals surface area (Å²) < 4.78 is 129. The van der Waals surface area contributed by atoms with Gasteiger partial charge in [0.05, 0.1) is 0 Å². The number of hydrogen-bond acceptors (Lipinski definition) is 15. The van der Waals surface area contributed by atoms with Crippen LogP contribution in [0.1, 0.15) is 0 Å². The fraction of sp³-hybridized carbons (Fsp3) is 0. The van der Waals surface area contributed by atoms with Gasteiger partial charge in [-0.25, -0.2) is 0 Å². The first-order chi connectivity index (χ1) is 8.66. The van der Waals surface area contributed by atoms with E-state index in [1.165, 1.54) is 0 Å². The molecule has 0 fully saturated rings. The predicted molar refractivity (Wildman–Crippen MR) is 6.86 cm³/mol. The van der Waals surface area contributed by atoms with Crippen LogP contribution in [0.15, 0.2) is 0 Å². The maximum atomic E-state index is 8.60. The van der Waals surface area contributed by atoms with Gasteiger partial charge in [-0.15, -0.1) is 0 Å². The second kappa shape index (κ2) is 39.3. The van der Waals surface area contributed by atoms with Gasteiger partial charge in [0.2, 0.25) is 0 Å². The second-order valence-corrected chi connectivity index (χ2v) is 6.61. The van der Waals surface area contributed by atoms with Crippen LogP contribution in [0.2, 0.25) is 0 Å². The standard InChI is InChI=1S/La.Mn.5Nb.15O/q+3;+2;;;;;;;;;;;;;;;;5*-1. The van der Waals surface area contributed by atoms with Gasteiger partial charge >= 0.3 is 197 Å². The summed E-state index contributed by atoms with van der Waals surface area (Å²) in [6, 6.07) is 0. The fourth-order valence-electron chi connectivity index (χ4n) is 0. The minimum atomic E-state index is -4.20. The SMILES string of the molecule is [La+3].[Mn+2].[O]=[Nb](=[O])[O-].[O]=[Nb](=[O])[O-].[O]=[Nb](=[O])[O-].[O]=[Nb](=[O])[O-].[O]=[Nb](=[O])[O-]. The van der Waals surface area contributed by atoms with Gasteiger partial charge in [-0.1, -0.05) is 0 Å². The third-order valence-corrected chi connectivity index (χ3v) is 0. The molecule has 0 saturated heterocycles. The molecule has 0 rings (SSSR count). The van der Waals surface area contributed by atoms with Crippen molar-refractivity contribution in [3.63, 3.8) is 0 Å². The van der Waals surface area contributed by atoms with E-state index in [9.17, 15) is 0 Å². The second-order valence-electron chi connectivity index (χ2n) is 1.12. The van der Waals surface area contributed by atoms with Crippen LogP contribution in [0.5, 0.6) is 0 Å².